The summed E-state index contributed by atoms with van der Waals surface area (Å²) >= 11 is 0. The summed E-state index contributed by atoms with van der Waals surface area (Å²) in [6.45, 7) is 1.57. The number of hydrogen-bond donors (Lipinski definition) is 2. The molecule has 0 fully saturated rings. The lowest BCUT2D eigenvalue weighted by atomic mass is 10.1. The molecular formula is C22H27F2N3O3. The summed E-state index contributed by atoms with van der Waals surface area (Å²) in [7, 11) is 1.41. The number of benzene rings is 2. The van der Waals surface area contributed by atoms with Gasteiger partial charge in [0.2, 0.25) is 0 Å². The summed E-state index contributed by atoms with van der Waals surface area (Å²) in [5.74, 6) is 1.90. The van der Waals surface area contributed by atoms with Crippen molar-refractivity contribution in [3.63, 3.8) is 0 Å². The summed E-state index contributed by atoms with van der Waals surface area (Å²) in [4.78, 5) is 4.54. The maximum absolute atomic E-state index is 12.6. The van der Waals surface area contributed by atoms with E-state index in [0.717, 1.165) is 30.8 Å². The number of methoxy groups -OCH3 is 1. The number of halogens is 2. The van der Waals surface area contributed by atoms with Crippen LogP contribution in [0.5, 0.6) is 17.2 Å². The second-order valence-corrected chi connectivity index (χ2v) is 6.78. The minimum absolute atomic E-state index is 0.00116. The Bertz CT molecular complexity index is 875. The Labute approximate surface area is 175 Å². The van der Waals surface area contributed by atoms with Gasteiger partial charge in [-0.2, -0.15) is 8.78 Å². The number of guanidine groups is 1. The van der Waals surface area contributed by atoms with E-state index in [-0.39, 0.29) is 11.5 Å². The standard InChI is InChI=1S/C22H27F2N3O3/c1-3-25-22(26-10-8-15-4-6-18-17(12-15)9-11-29-18)27-14-16-5-7-19(28-2)20(13-16)30-21(23)24/h4-7,12-13,21H,3,8-11,14H2,1-2H3,(H2,25,26,27). The van der Waals surface area contributed by atoms with Crippen molar-refractivity contribution >= 4 is 5.96 Å². The van der Waals surface area contributed by atoms with E-state index in [1.165, 1.54) is 24.3 Å². The molecule has 2 aromatic rings. The van der Waals surface area contributed by atoms with Gasteiger partial charge in [-0.25, -0.2) is 4.99 Å². The molecule has 0 aromatic heterocycles. The minimum atomic E-state index is -2.91. The van der Waals surface area contributed by atoms with Crippen LogP contribution in [-0.4, -0.2) is 39.4 Å². The van der Waals surface area contributed by atoms with Crippen LogP contribution in [-0.2, 0) is 19.4 Å². The zero-order valence-corrected chi connectivity index (χ0v) is 17.2. The first kappa shape index (κ1) is 21.7. The van der Waals surface area contributed by atoms with E-state index in [4.69, 9.17) is 9.47 Å². The van der Waals surface area contributed by atoms with Crippen molar-refractivity contribution in [2.24, 2.45) is 4.99 Å². The lowest BCUT2D eigenvalue weighted by Crippen LogP contribution is -2.38. The third-order valence-electron chi connectivity index (χ3n) is 4.67. The van der Waals surface area contributed by atoms with Crippen LogP contribution in [0.3, 0.4) is 0 Å². The van der Waals surface area contributed by atoms with Crippen LogP contribution in [0.4, 0.5) is 8.78 Å². The highest BCUT2D eigenvalue weighted by molar-refractivity contribution is 5.79. The molecule has 30 heavy (non-hydrogen) atoms. The number of hydrogen-bond acceptors (Lipinski definition) is 4. The van der Waals surface area contributed by atoms with Crippen molar-refractivity contribution in [3.8, 4) is 17.2 Å². The monoisotopic (exact) mass is 419 g/mol. The van der Waals surface area contributed by atoms with Crippen LogP contribution < -0.4 is 24.8 Å². The van der Waals surface area contributed by atoms with E-state index in [9.17, 15) is 8.78 Å². The summed E-state index contributed by atoms with van der Waals surface area (Å²) < 4.78 is 40.3. The van der Waals surface area contributed by atoms with Crippen LogP contribution in [0.15, 0.2) is 41.4 Å². The molecule has 1 aliphatic heterocycles. The molecule has 0 saturated carbocycles. The molecule has 0 atom stereocenters. The predicted octanol–water partition coefficient (Wildman–Crippen LogP) is 3.53. The van der Waals surface area contributed by atoms with Gasteiger partial charge in [0.05, 0.1) is 20.3 Å². The van der Waals surface area contributed by atoms with Crippen molar-refractivity contribution < 1.29 is 23.0 Å². The van der Waals surface area contributed by atoms with Crippen LogP contribution in [0.25, 0.3) is 0 Å². The van der Waals surface area contributed by atoms with E-state index < -0.39 is 6.61 Å². The van der Waals surface area contributed by atoms with Gasteiger partial charge in [-0.05, 0) is 48.2 Å². The van der Waals surface area contributed by atoms with Gasteiger partial charge in [0, 0.05) is 19.5 Å². The lowest BCUT2D eigenvalue weighted by Gasteiger charge is -2.13. The van der Waals surface area contributed by atoms with Crippen molar-refractivity contribution in [1.82, 2.24) is 10.6 Å². The molecule has 0 unspecified atom stereocenters. The van der Waals surface area contributed by atoms with E-state index in [1.807, 2.05) is 13.0 Å². The first-order valence-electron chi connectivity index (χ1n) is 9.97. The van der Waals surface area contributed by atoms with E-state index in [1.54, 1.807) is 12.1 Å². The van der Waals surface area contributed by atoms with Gasteiger partial charge in [-0.3, -0.25) is 0 Å². The number of fused-ring (bicyclic) bond motifs is 1. The van der Waals surface area contributed by atoms with Gasteiger partial charge in [0.25, 0.3) is 0 Å². The fourth-order valence-corrected chi connectivity index (χ4v) is 3.24. The van der Waals surface area contributed by atoms with Crippen LogP contribution in [0.1, 0.15) is 23.6 Å². The molecule has 0 aliphatic carbocycles. The Hall–Kier alpha value is -3.03. The van der Waals surface area contributed by atoms with Gasteiger partial charge >= 0.3 is 6.61 Å². The SMILES string of the molecule is CCNC(=NCc1ccc(OC)c(OC(F)F)c1)NCCc1ccc2c(c1)CCO2. The average Bonchev–Trinajstić information content (AvgIpc) is 3.19. The normalized spacial score (nSPS) is 13.0. The zero-order chi connectivity index (χ0) is 21.3. The van der Waals surface area contributed by atoms with E-state index in [0.29, 0.717) is 25.6 Å². The number of rotatable bonds is 9. The molecule has 0 saturated heterocycles. The van der Waals surface area contributed by atoms with E-state index >= 15 is 0 Å². The fraction of sp³-hybridized carbons (Fsp3) is 0.409. The number of nitrogens with one attached hydrogen (secondary N) is 2. The highest BCUT2D eigenvalue weighted by Gasteiger charge is 2.13. The first-order valence-corrected chi connectivity index (χ1v) is 9.97. The van der Waals surface area contributed by atoms with Gasteiger partial charge in [-0.1, -0.05) is 18.2 Å². The molecule has 1 heterocycles. The Balaban J connectivity index is 1.58. The summed E-state index contributed by atoms with van der Waals surface area (Å²) in [6, 6.07) is 11.2. The van der Waals surface area contributed by atoms with Crippen LogP contribution >= 0.6 is 0 Å². The molecule has 0 spiro atoms. The second-order valence-electron chi connectivity index (χ2n) is 6.78. The maximum Gasteiger partial charge on any atom is 0.387 e. The predicted molar refractivity (Wildman–Crippen MR) is 112 cm³/mol. The first-order chi connectivity index (χ1) is 14.6. The summed E-state index contributed by atoms with van der Waals surface area (Å²) in [5, 5.41) is 6.50. The number of alkyl halides is 2. The zero-order valence-electron chi connectivity index (χ0n) is 17.2. The molecule has 162 valence electrons. The van der Waals surface area contributed by atoms with E-state index in [2.05, 4.69) is 32.5 Å². The topological polar surface area (TPSA) is 64.1 Å². The van der Waals surface area contributed by atoms with Gasteiger partial charge in [0.15, 0.2) is 17.5 Å². The molecule has 2 N–H and O–H groups in total. The van der Waals surface area contributed by atoms with Gasteiger partial charge < -0.3 is 24.8 Å². The molecule has 1 aliphatic rings. The molecule has 8 heteroatoms. The van der Waals surface area contributed by atoms with Crippen molar-refractivity contribution in [1.29, 1.82) is 0 Å². The fourth-order valence-electron chi connectivity index (χ4n) is 3.24. The van der Waals surface area contributed by atoms with Gasteiger partial charge in [0.1, 0.15) is 5.75 Å². The molecule has 0 bridgehead atoms. The Morgan fingerprint density at radius 2 is 1.97 bits per heavy atom. The second kappa shape index (κ2) is 10.7. The Morgan fingerprint density at radius 3 is 2.73 bits per heavy atom. The minimum Gasteiger partial charge on any atom is -0.493 e. The highest BCUT2D eigenvalue weighted by Crippen LogP contribution is 2.29. The van der Waals surface area contributed by atoms with Crippen LogP contribution in [0.2, 0.25) is 0 Å². The number of nitrogens with zero attached hydrogens (tertiary/aromatic N) is 1. The largest absolute Gasteiger partial charge is 0.493 e. The highest BCUT2D eigenvalue weighted by atomic mass is 19.3. The number of aliphatic imine (C=N–C) groups is 1. The summed E-state index contributed by atoms with van der Waals surface area (Å²) in [6.07, 6.45) is 1.81. The lowest BCUT2D eigenvalue weighted by molar-refractivity contribution is -0.0512. The molecule has 0 amide bonds. The third-order valence-corrected chi connectivity index (χ3v) is 4.67. The molecule has 3 rings (SSSR count). The quantitative estimate of drug-likeness (QED) is 0.481. The molecule has 0 radical (unpaired) electrons. The molecular weight excluding hydrogens is 392 g/mol. The number of ether oxygens (including phenoxy) is 3. The van der Waals surface area contributed by atoms with Crippen molar-refractivity contribution in [3.05, 3.63) is 53.1 Å². The van der Waals surface area contributed by atoms with Crippen LogP contribution in [0, 0.1) is 0 Å². The van der Waals surface area contributed by atoms with Crippen molar-refractivity contribution in [2.45, 2.75) is 32.9 Å². The Kier molecular flexibility index (Phi) is 7.70. The van der Waals surface area contributed by atoms with Gasteiger partial charge in [-0.15, -0.1) is 0 Å². The Morgan fingerprint density at radius 1 is 1.13 bits per heavy atom. The third kappa shape index (κ3) is 5.98. The average molecular weight is 419 g/mol. The smallest absolute Gasteiger partial charge is 0.387 e. The molecule has 2 aromatic carbocycles. The summed E-state index contributed by atoms with van der Waals surface area (Å²) in [5.41, 5.74) is 3.24. The molecule has 6 nitrogen and oxygen atoms in total. The maximum atomic E-state index is 12.6. The van der Waals surface area contributed by atoms with Crippen molar-refractivity contribution in [2.75, 3.05) is 26.8 Å².